The predicted molar refractivity (Wildman–Crippen MR) is 144 cm³/mol. The molecule has 0 unspecified atom stereocenters. The third-order valence-corrected chi connectivity index (χ3v) is 6.43. The summed E-state index contributed by atoms with van der Waals surface area (Å²) in [6, 6.07) is 27.2. The molecule has 1 aliphatic rings. The molecule has 0 fully saturated rings. The monoisotopic (exact) mass is 462 g/mol. The van der Waals surface area contributed by atoms with Crippen molar-refractivity contribution < 1.29 is 4.39 Å². The minimum absolute atomic E-state index is 0.146. The Morgan fingerprint density at radius 1 is 0.657 bits per heavy atom. The first-order valence-corrected chi connectivity index (χ1v) is 11.6. The molecule has 0 amide bonds. The Morgan fingerprint density at radius 3 is 1.60 bits per heavy atom. The summed E-state index contributed by atoms with van der Waals surface area (Å²) in [5, 5.41) is 8.74. The highest BCUT2D eigenvalue weighted by molar-refractivity contribution is 5.89. The topological polar surface area (TPSA) is 48.8 Å². The van der Waals surface area contributed by atoms with Crippen LogP contribution in [0.3, 0.4) is 0 Å². The molecule has 0 saturated carbocycles. The number of fused-ring (bicyclic) bond motifs is 3. The van der Waals surface area contributed by atoms with Crippen LogP contribution < -0.4 is 10.9 Å². The van der Waals surface area contributed by atoms with Crippen LogP contribution in [0.5, 0.6) is 0 Å². The van der Waals surface area contributed by atoms with E-state index in [0.717, 1.165) is 22.5 Å². The third-order valence-electron chi connectivity index (χ3n) is 6.43. The van der Waals surface area contributed by atoms with E-state index in [2.05, 4.69) is 90.4 Å². The van der Waals surface area contributed by atoms with Crippen molar-refractivity contribution in [1.82, 2.24) is 0 Å². The lowest BCUT2D eigenvalue weighted by Crippen LogP contribution is -2.15. The van der Waals surface area contributed by atoms with Gasteiger partial charge in [-0.1, -0.05) is 55.8 Å². The van der Waals surface area contributed by atoms with Crippen LogP contribution in [0.25, 0.3) is 11.1 Å². The van der Waals surface area contributed by atoms with Crippen molar-refractivity contribution in [3.05, 3.63) is 119 Å². The predicted octanol–water partition coefficient (Wildman–Crippen LogP) is 7.33. The molecule has 174 valence electrons. The fourth-order valence-corrected chi connectivity index (χ4v) is 4.45. The van der Waals surface area contributed by atoms with E-state index in [1.165, 1.54) is 39.9 Å². The number of hydrazone groups is 2. The van der Waals surface area contributed by atoms with Gasteiger partial charge in [0.25, 0.3) is 0 Å². The summed E-state index contributed by atoms with van der Waals surface area (Å²) >= 11 is 0. The molecule has 5 rings (SSSR count). The number of aryl methyl sites for hydroxylation is 1. The first-order chi connectivity index (χ1) is 16.9. The highest BCUT2D eigenvalue weighted by Crippen LogP contribution is 2.48. The van der Waals surface area contributed by atoms with Crippen molar-refractivity contribution in [1.29, 1.82) is 0 Å². The Balaban J connectivity index is 1.34. The van der Waals surface area contributed by atoms with E-state index in [0.29, 0.717) is 0 Å². The van der Waals surface area contributed by atoms with E-state index in [1.54, 1.807) is 18.3 Å². The maximum absolute atomic E-state index is 13.1. The fraction of sp³-hybridized carbons (Fsp3) is 0.133. The smallest absolute Gasteiger partial charge is 0.123 e. The zero-order valence-corrected chi connectivity index (χ0v) is 20.0. The number of hydrogen-bond donors (Lipinski definition) is 2. The molecule has 0 spiro atoms. The molecular formula is C30H27FN4. The molecule has 4 aromatic rings. The van der Waals surface area contributed by atoms with Crippen molar-refractivity contribution in [2.75, 3.05) is 10.9 Å². The standard InChI is InChI=1S/C30H27FN4/c1-20-4-10-24(11-5-20)34-32-18-21-6-14-26-27-15-7-22(17-29(27)30(2,3)28(26)16-21)19-33-35-25-12-8-23(31)9-13-25/h4-19,34-35H,1-3H3/b32-18+,33-19+. The SMILES string of the molecule is Cc1ccc(N/N=C/c2ccc3c(c2)C(C)(C)c2cc(/C=N/Nc4ccc(F)cc4)ccc2-3)cc1. The van der Waals surface area contributed by atoms with Gasteiger partial charge in [-0.05, 0) is 88.8 Å². The quantitative estimate of drug-likeness (QED) is 0.233. The Kier molecular flexibility index (Phi) is 5.91. The highest BCUT2D eigenvalue weighted by Gasteiger charge is 2.35. The summed E-state index contributed by atoms with van der Waals surface area (Å²) in [6.07, 6.45) is 3.65. The van der Waals surface area contributed by atoms with E-state index < -0.39 is 0 Å². The van der Waals surface area contributed by atoms with Gasteiger partial charge in [0.15, 0.2) is 0 Å². The molecule has 4 nitrogen and oxygen atoms in total. The van der Waals surface area contributed by atoms with Gasteiger partial charge in [0.05, 0.1) is 23.8 Å². The van der Waals surface area contributed by atoms with Crippen molar-refractivity contribution in [2.24, 2.45) is 10.2 Å². The molecule has 0 heterocycles. The molecule has 0 bridgehead atoms. The van der Waals surface area contributed by atoms with Gasteiger partial charge in [-0.15, -0.1) is 0 Å². The molecule has 4 aromatic carbocycles. The minimum atomic E-state index is -0.267. The van der Waals surface area contributed by atoms with E-state index in [4.69, 9.17) is 0 Å². The number of rotatable bonds is 6. The van der Waals surface area contributed by atoms with E-state index >= 15 is 0 Å². The average molecular weight is 463 g/mol. The van der Waals surface area contributed by atoms with Crippen molar-refractivity contribution in [3.8, 4) is 11.1 Å². The second-order valence-corrected chi connectivity index (χ2v) is 9.35. The average Bonchev–Trinajstić information content (AvgIpc) is 3.08. The minimum Gasteiger partial charge on any atom is -0.279 e. The molecule has 0 saturated heterocycles. The van der Waals surface area contributed by atoms with Gasteiger partial charge in [-0.3, -0.25) is 10.9 Å². The molecule has 35 heavy (non-hydrogen) atoms. The number of halogens is 1. The number of anilines is 2. The summed E-state index contributed by atoms with van der Waals surface area (Å²) < 4.78 is 13.1. The molecule has 1 aliphatic carbocycles. The maximum atomic E-state index is 13.1. The molecule has 2 N–H and O–H groups in total. The normalized spacial score (nSPS) is 13.7. The summed E-state index contributed by atoms with van der Waals surface area (Å²) in [7, 11) is 0. The van der Waals surface area contributed by atoms with Gasteiger partial charge < -0.3 is 0 Å². The lowest BCUT2D eigenvalue weighted by Gasteiger charge is -2.22. The molecule has 0 aliphatic heterocycles. The zero-order valence-electron chi connectivity index (χ0n) is 20.0. The number of nitrogens with zero attached hydrogens (tertiary/aromatic N) is 2. The van der Waals surface area contributed by atoms with Crippen LogP contribution in [0.4, 0.5) is 15.8 Å². The summed E-state index contributed by atoms with van der Waals surface area (Å²) in [4.78, 5) is 0. The third kappa shape index (κ3) is 4.71. The second kappa shape index (κ2) is 9.18. The number of hydrogen-bond acceptors (Lipinski definition) is 4. The lowest BCUT2D eigenvalue weighted by atomic mass is 9.81. The maximum Gasteiger partial charge on any atom is 0.123 e. The first-order valence-electron chi connectivity index (χ1n) is 11.6. The van der Waals surface area contributed by atoms with Crippen molar-refractivity contribution in [3.63, 3.8) is 0 Å². The van der Waals surface area contributed by atoms with Crippen LogP contribution in [0, 0.1) is 12.7 Å². The van der Waals surface area contributed by atoms with Crippen molar-refractivity contribution in [2.45, 2.75) is 26.2 Å². The van der Waals surface area contributed by atoms with Gasteiger partial charge in [0.2, 0.25) is 0 Å². The summed E-state index contributed by atoms with van der Waals surface area (Å²) in [5.41, 5.74) is 15.9. The van der Waals surface area contributed by atoms with Crippen LogP contribution in [-0.4, -0.2) is 12.4 Å². The van der Waals surface area contributed by atoms with Crippen LogP contribution >= 0.6 is 0 Å². The second-order valence-electron chi connectivity index (χ2n) is 9.35. The van der Waals surface area contributed by atoms with Gasteiger partial charge >= 0.3 is 0 Å². The van der Waals surface area contributed by atoms with E-state index in [1.807, 2.05) is 18.3 Å². The van der Waals surface area contributed by atoms with E-state index in [-0.39, 0.29) is 11.2 Å². The molecular weight excluding hydrogens is 435 g/mol. The Labute approximate surface area is 205 Å². The largest absolute Gasteiger partial charge is 0.279 e. The number of nitrogens with one attached hydrogen (secondary N) is 2. The molecule has 0 aromatic heterocycles. The van der Waals surface area contributed by atoms with Gasteiger partial charge in [-0.2, -0.15) is 10.2 Å². The van der Waals surface area contributed by atoms with Gasteiger partial charge in [-0.25, -0.2) is 4.39 Å². The molecule has 0 atom stereocenters. The van der Waals surface area contributed by atoms with E-state index in [9.17, 15) is 4.39 Å². The Hall–Kier alpha value is -4.25. The zero-order chi connectivity index (χ0) is 24.4. The molecule has 5 heteroatoms. The van der Waals surface area contributed by atoms with Crippen molar-refractivity contribution >= 4 is 23.8 Å². The number of benzene rings is 4. The fourth-order valence-electron chi connectivity index (χ4n) is 4.45. The van der Waals surface area contributed by atoms with Gasteiger partial charge in [0.1, 0.15) is 5.82 Å². The summed E-state index contributed by atoms with van der Waals surface area (Å²) in [6.45, 7) is 6.57. The lowest BCUT2D eigenvalue weighted by molar-refractivity contribution is 0.628. The van der Waals surface area contributed by atoms with Gasteiger partial charge in [0, 0.05) is 5.41 Å². The Morgan fingerprint density at radius 2 is 1.11 bits per heavy atom. The summed E-state index contributed by atoms with van der Waals surface area (Å²) in [5.74, 6) is -0.267. The van der Waals surface area contributed by atoms with Crippen LogP contribution in [0.1, 0.15) is 41.7 Å². The highest BCUT2D eigenvalue weighted by atomic mass is 19.1. The molecule has 0 radical (unpaired) electrons. The van der Waals surface area contributed by atoms with Crippen LogP contribution in [0.15, 0.2) is 95.1 Å². The Bertz CT molecular complexity index is 1310. The van der Waals surface area contributed by atoms with Crippen LogP contribution in [-0.2, 0) is 5.41 Å². The first kappa shape index (κ1) is 22.5. The van der Waals surface area contributed by atoms with Crippen LogP contribution in [0.2, 0.25) is 0 Å².